The first-order valence-electron chi connectivity index (χ1n) is 7.36. The van der Waals surface area contributed by atoms with E-state index in [4.69, 9.17) is 5.73 Å². The van der Waals surface area contributed by atoms with E-state index >= 15 is 0 Å². The zero-order valence-electron chi connectivity index (χ0n) is 11.9. The summed E-state index contributed by atoms with van der Waals surface area (Å²) in [7, 11) is 0. The lowest BCUT2D eigenvalue weighted by atomic mass is 9.95. The van der Waals surface area contributed by atoms with E-state index in [1.807, 2.05) is 6.92 Å². The van der Waals surface area contributed by atoms with Crippen LogP contribution >= 0.6 is 0 Å². The van der Waals surface area contributed by atoms with Gasteiger partial charge in [-0.05, 0) is 39.0 Å². The van der Waals surface area contributed by atoms with Gasteiger partial charge in [-0.3, -0.25) is 9.59 Å². The number of likely N-dealkylation sites (tertiary alicyclic amines) is 1. The maximum absolute atomic E-state index is 12.5. The number of carbonyl (C=O) groups excluding carboxylic acids is 2. The maximum Gasteiger partial charge on any atom is 0.243 e. The second-order valence-electron chi connectivity index (χ2n) is 6.11. The molecule has 2 amide bonds. The minimum Gasteiger partial charge on any atom is -0.352 e. The highest BCUT2D eigenvalue weighted by molar-refractivity contribution is 5.92. The summed E-state index contributed by atoms with van der Waals surface area (Å²) >= 11 is 0. The smallest absolute Gasteiger partial charge is 0.243 e. The van der Waals surface area contributed by atoms with Crippen LogP contribution in [0.1, 0.15) is 52.4 Å². The molecule has 5 heteroatoms. The number of nitrogens with zero attached hydrogens (tertiary/aromatic N) is 1. The Kier molecular flexibility index (Phi) is 4.13. The van der Waals surface area contributed by atoms with Gasteiger partial charge in [-0.15, -0.1) is 0 Å². The molecule has 2 atom stereocenters. The van der Waals surface area contributed by atoms with Crippen molar-refractivity contribution in [2.24, 2.45) is 5.73 Å². The molecule has 0 radical (unpaired) electrons. The van der Waals surface area contributed by atoms with Crippen molar-refractivity contribution >= 4 is 11.8 Å². The molecule has 5 nitrogen and oxygen atoms in total. The predicted octanol–water partition coefficient (Wildman–Crippen LogP) is 0.773. The summed E-state index contributed by atoms with van der Waals surface area (Å²) in [6.07, 6.45) is 5.29. The fraction of sp³-hybridized carbons (Fsp3) is 0.857. The van der Waals surface area contributed by atoms with Crippen molar-refractivity contribution in [3.63, 3.8) is 0 Å². The van der Waals surface area contributed by atoms with Gasteiger partial charge in [0.2, 0.25) is 11.8 Å². The first-order valence-corrected chi connectivity index (χ1v) is 7.36. The molecule has 3 N–H and O–H groups in total. The van der Waals surface area contributed by atoms with Gasteiger partial charge in [0.05, 0.1) is 5.54 Å². The lowest BCUT2D eigenvalue weighted by Crippen LogP contribution is -2.57. The van der Waals surface area contributed by atoms with Crippen LogP contribution in [0.5, 0.6) is 0 Å². The molecule has 2 aliphatic rings. The van der Waals surface area contributed by atoms with E-state index in [0.29, 0.717) is 19.0 Å². The zero-order valence-corrected chi connectivity index (χ0v) is 11.9. The topological polar surface area (TPSA) is 75.4 Å². The minimum atomic E-state index is -0.850. The van der Waals surface area contributed by atoms with E-state index in [-0.39, 0.29) is 17.9 Å². The SMILES string of the molecule is CCCC(C)(N)C(=O)N1CCCC1C(=O)NC1CC1. The molecule has 1 aliphatic heterocycles. The van der Waals surface area contributed by atoms with Crippen LogP contribution in [0.15, 0.2) is 0 Å². The molecule has 1 heterocycles. The first kappa shape index (κ1) is 14.3. The summed E-state index contributed by atoms with van der Waals surface area (Å²) in [5, 5.41) is 2.99. The van der Waals surface area contributed by atoms with E-state index in [9.17, 15) is 9.59 Å². The molecule has 2 fully saturated rings. The average molecular weight is 267 g/mol. The van der Waals surface area contributed by atoms with Crippen LogP contribution in [-0.2, 0) is 9.59 Å². The number of hydrogen-bond acceptors (Lipinski definition) is 3. The van der Waals surface area contributed by atoms with Gasteiger partial charge in [-0.2, -0.15) is 0 Å². The number of carbonyl (C=O) groups is 2. The molecular formula is C14H25N3O2. The maximum atomic E-state index is 12.5. The van der Waals surface area contributed by atoms with Crippen LogP contribution in [0.3, 0.4) is 0 Å². The molecule has 2 rings (SSSR count). The second-order valence-corrected chi connectivity index (χ2v) is 6.11. The van der Waals surface area contributed by atoms with Gasteiger partial charge >= 0.3 is 0 Å². The van der Waals surface area contributed by atoms with E-state index in [0.717, 1.165) is 32.1 Å². The van der Waals surface area contributed by atoms with Crippen molar-refractivity contribution in [2.45, 2.75) is 70.0 Å². The molecule has 19 heavy (non-hydrogen) atoms. The lowest BCUT2D eigenvalue weighted by Gasteiger charge is -2.32. The molecule has 0 aromatic carbocycles. The molecule has 108 valence electrons. The Balaban J connectivity index is 2.00. The van der Waals surface area contributed by atoms with Crippen molar-refractivity contribution in [1.82, 2.24) is 10.2 Å². The minimum absolute atomic E-state index is 0.000600. The molecule has 0 spiro atoms. The van der Waals surface area contributed by atoms with Gasteiger partial charge in [-0.25, -0.2) is 0 Å². The third-order valence-corrected chi connectivity index (χ3v) is 4.00. The molecule has 0 bridgehead atoms. The van der Waals surface area contributed by atoms with Gasteiger partial charge in [0.25, 0.3) is 0 Å². The highest BCUT2D eigenvalue weighted by Crippen LogP contribution is 2.25. The van der Waals surface area contributed by atoms with Crippen LogP contribution in [-0.4, -0.2) is 40.9 Å². The lowest BCUT2D eigenvalue weighted by molar-refractivity contribution is -0.142. The van der Waals surface area contributed by atoms with E-state index < -0.39 is 5.54 Å². The van der Waals surface area contributed by atoms with Crippen molar-refractivity contribution < 1.29 is 9.59 Å². The number of nitrogens with one attached hydrogen (secondary N) is 1. The molecule has 1 saturated carbocycles. The molecular weight excluding hydrogens is 242 g/mol. The average Bonchev–Trinajstić information content (AvgIpc) is 3.02. The molecule has 2 unspecified atom stereocenters. The Hall–Kier alpha value is -1.10. The Morgan fingerprint density at radius 3 is 2.63 bits per heavy atom. The zero-order chi connectivity index (χ0) is 14.0. The van der Waals surface area contributed by atoms with Crippen LogP contribution in [0.25, 0.3) is 0 Å². The van der Waals surface area contributed by atoms with Gasteiger partial charge < -0.3 is 16.0 Å². The highest BCUT2D eigenvalue weighted by atomic mass is 16.2. The summed E-state index contributed by atoms with van der Waals surface area (Å²) in [6, 6.07) is 0.0257. The van der Waals surface area contributed by atoms with Crippen LogP contribution < -0.4 is 11.1 Å². The molecule has 1 saturated heterocycles. The standard InChI is InChI=1S/C14H25N3O2/c1-3-8-14(2,15)13(19)17-9-4-5-11(17)12(18)16-10-6-7-10/h10-11H,3-9,15H2,1-2H3,(H,16,18). The summed E-state index contributed by atoms with van der Waals surface area (Å²) in [5.41, 5.74) is 5.25. The van der Waals surface area contributed by atoms with E-state index in [1.165, 1.54) is 0 Å². The largest absolute Gasteiger partial charge is 0.352 e. The molecule has 0 aromatic heterocycles. The quantitative estimate of drug-likeness (QED) is 0.772. The predicted molar refractivity (Wildman–Crippen MR) is 73.4 cm³/mol. The first-order chi connectivity index (χ1) is 8.95. The summed E-state index contributed by atoms with van der Waals surface area (Å²) < 4.78 is 0. The number of rotatable bonds is 5. The van der Waals surface area contributed by atoms with Crippen molar-refractivity contribution in [2.75, 3.05) is 6.54 Å². The summed E-state index contributed by atoms with van der Waals surface area (Å²) in [4.78, 5) is 26.3. The number of amides is 2. The van der Waals surface area contributed by atoms with Crippen molar-refractivity contribution in [3.8, 4) is 0 Å². The fourth-order valence-corrected chi connectivity index (χ4v) is 2.76. The van der Waals surface area contributed by atoms with Gasteiger partial charge in [0.1, 0.15) is 6.04 Å². The summed E-state index contributed by atoms with van der Waals surface area (Å²) in [6.45, 7) is 4.44. The second kappa shape index (κ2) is 5.49. The monoisotopic (exact) mass is 267 g/mol. The van der Waals surface area contributed by atoms with Crippen LogP contribution in [0, 0.1) is 0 Å². The number of nitrogens with two attached hydrogens (primary N) is 1. The van der Waals surface area contributed by atoms with Crippen LogP contribution in [0.4, 0.5) is 0 Å². The third kappa shape index (κ3) is 3.26. The molecule has 0 aromatic rings. The van der Waals surface area contributed by atoms with Crippen LogP contribution in [0.2, 0.25) is 0 Å². The van der Waals surface area contributed by atoms with Gasteiger partial charge in [-0.1, -0.05) is 13.3 Å². The Morgan fingerprint density at radius 1 is 1.37 bits per heavy atom. The van der Waals surface area contributed by atoms with Gasteiger partial charge in [0.15, 0.2) is 0 Å². The Bertz CT molecular complexity index is 364. The highest BCUT2D eigenvalue weighted by Gasteiger charge is 2.41. The fourth-order valence-electron chi connectivity index (χ4n) is 2.76. The number of hydrogen-bond donors (Lipinski definition) is 2. The van der Waals surface area contributed by atoms with E-state index in [2.05, 4.69) is 5.32 Å². The van der Waals surface area contributed by atoms with Gasteiger partial charge in [0, 0.05) is 12.6 Å². The molecule has 1 aliphatic carbocycles. The Morgan fingerprint density at radius 2 is 2.05 bits per heavy atom. The van der Waals surface area contributed by atoms with E-state index in [1.54, 1.807) is 11.8 Å². The van der Waals surface area contributed by atoms with Crippen molar-refractivity contribution in [3.05, 3.63) is 0 Å². The van der Waals surface area contributed by atoms with Crippen molar-refractivity contribution in [1.29, 1.82) is 0 Å². The third-order valence-electron chi connectivity index (χ3n) is 4.00. The summed E-state index contributed by atoms with van der Waals surface area (Å²) in [5.74, 6) is -0.0801. The Labute approximate surface area is 114 Å². The normalized spacial score (nSPS) is 26.1.